The predicted molar refractivity (Wildman–Crippen MR) is 121 cm³/mol. The van der Waals surface area contributed by atoms with Gasteiger partial charge in [0, 0.05) is 43.9 Å². The van der Waals surface area contributed by atoms with Crippen molar-refractivity contribution in [1.82, 2.24) is 15.0 Å². The highest BCUT2D eigenvalue weighted by Crippen LogP contribution is 2.29. The molecular formula is C23H24ClN5O2. The van der Waals surface area contributed by atoms with Gasteiger partial charge >= 0.3 is 0 Å². The maximum Gasteiger partial charge on any atom is 0.230 e. The van der Waals surface area contributed by atoms with Crippen molar-refractivity contribution in [3.63, 3.8) is 0 Å². The standard InChI is InChI=1S/C23H24ClN5O2/c24-19-15-27-22(29-23(30)11-17-3-2-8-25-13-17)12-18(19)20-4-1-5-21(28-20)26-14-16-6-9-31-10-7-16/h1-5,8,12-13,15-16H,6-7,9-11,14H2,(H,26,28)(H,27,29,30). The van der Waals surface area contributed by atoms with Crippen LogP contribution in [0.3, 0.4) is 0 Å². The Bertz CT molecular complexity index is 1030. The monoisotopic (exact) mass is 437 g/mol. The molecule has 4 rings (SSSR count). The van der Waals surface area contributed by atoms with Crippen molar-refractivity contribution < 1.29 is 9.53 Å². The third-order valence-electron chi connectivity index (χ3n) is 5.15. The lowest BCUT2D eigenvalue weighted by atomic mass is 10.0. The summed E-state index contributed by atoms with van der Waals surface area (Å²) in [5.41, 5.74) is 2.26. The van der Waals surface area contributed by atoms with E-state index in [4.69, 9.17) is 21.3 Å². The first-order valence-corrected chi connectivity index (χ1v) is 10.7. The number of carbonyl (C=O) groups excluding carboxylic acids is 1. The topological polar surface area (TPSA) is 89.0 Å². The minimum Gasteiger partial charge on any atom is -0.381 e. The normalized spacial score (nSPS) is 14.2. The van der Waals surface area contributed by atoms with Gasteiger partial charge in [-0.15, -0.1) is 0 Å². The summed E-state index contributed by atoms with van der Waals surface area (Å²) >= 11 is 6.39. The van der Waals surface area contributed by atoms with Crippen LogP contribution >= 0.6 is 11.6 Å². The number of amides is 1. The first kappa shape index (κ1) is 21.2. The van der Waals surface area contributed by atoms with Gasteiger partial charge in [0.05, 0.1) is 17.1 Å². The molecule has 0 saturated carbocycles. The highest BCUT2D eigenvalue weighted by Gasteiger charge is 2.14. The summed E-state index contributed by atoms with van der Waals surface area (Å²) in [7, 11) is 0. The average Bonchev–Trinajstić information content (AvgIpc) is 2.80. The van der Waals surface area contributed by atoms with Crippen molar-refractivity contribution in [2.24, 2.45) is 5.92 Å². The third-order valence-corrected chi connectivity index (χ3v) is 5.45. The van der Waals surface area contributed by atoms with Gasteiger partial charge in [0.1, 0.15) is 11.6 Å². The summed E-state index contributed by atoms with van der Waals surface area (Å²) in [5, 5.41) is 6.71. The Morgan fingerprint density at radius 3 is 2.81 bits per heavy atom. The van der Waals surface area contributed by atoms with Crippen LogP contribution in [0.4, 0.5) is 11.6 Å². The molecule has 1 saturated heterocycles. The molecule has 0 aromatic carbocycles. The molecule has 8 heteroatoms. The third kappa shape index (κ3) is 5.99. The van der Waals surface area contributed by atoms with Gasteiger partial charge in [-0.2, -0.15) is 0 Å². The van der Waals surface area contributed by atoms with Crippen LogP contribution < -0.4 is 10.6 Å². The molecule has 0 unspecified atom stereocenters. The number of aromatic nitrogens is 3. The fourth-order valence-electron chi connectivity index (χ4n) is 3.46. The minimum atomic E-state index is -0.173. The summed E-state index contributed by atoms with van der Waals surface area (Å²) in [5.74, 6) is 1.63. The first-order chi connectivity index (χ1) is 15.2. The molecule has 0 aliphatic carbocycles. The van der Waals surface area contributed by atoms with Gasteiger partial charge in [-0.05, 0) is 48.6 Å². The zero-order valence-electron chi connectivity index (χ0n) is 17.1. The zero-order valence-corrected chi connectivity index (χ0v) is 17.8. The molecule has 2 N–H and O–H groups in total. The Labute approximate surface area is 186 Å². The smallest absolute Gasteiger partial charge is 0.230 e. The van der Waals surface area contributed by atoms with Crippen LogP contribution in [0, 0.1) is 5.92 Å². The van der Waals surface area contributed by atoms with E-state index in [1.54, 1.807) is 24.5 Å². The number of anilines is 2. The Morgan fingerprint density at radius 2 is 2.00 bits per heavy atom. The second-order valence-electron chi connectivity index (χ2n) is 7.48. The highest BCUT2D eigenvalue weighted by atomic mass is 35.5. The van der Waals surface area contributed by atoms with Gasteiger partial charge in [-0.3, -0.25) is 9.78 Å². The second kappa shape index (κ2) is 10.3. The number of hydrogen-bond acceptors (Lipinski definition) is 6. The van der Waals surface area contributed by atoms with E-state index in [1.807, 2.05) is 24.3 Å². The number of ether oxygens (including phenoxy) is 1. The van der Waals surface area contributed by atoms with E-state index in [1.165, 1.54) is 6.20 Å². The highest BCUT2D eigenvalue weighted by molar-refractivity contribution is 6.33. The van der Waals surface area contributed by atoms with Gasteiger partial charge < -0.3 is 15.4 Å². The molecule has 1 fully saturated rings. The number of carbonyl (C=O) groups is 1. The Kier molecular flexibility index (Phi) is 7.07. The summed E-state index contributed by atoms with van der Waals surface area (Å²) in [6, 6.07) is 11.2. The van der Waals surface area contributed by atoms with Crippen LogP contribution in [0.5, 0.6) is 0 Å². The van der Waals surface area contributed by atoms with Crippen molar-refractivity contribution in [2.75, 3.05) is 30.4 Å². The lowest BCUT2D eigenvalue weighted by Gasteiger charge is -2.22. The number of nitrogens with one attached hydrogen (secondary N) is 2. The Balaban J connectivity index is 1.44. The van der Waals surface area contributed by atoms with E-state index in [-0.39, 0.29) is 12.3 Å². The van der Waals surface area contributed by atoms with Crippen molar-refractivity contribution in [3.05, 3.63) is 65.6 Å². The fourth-order valence-corrected chi connectivity index (χ4v) is 3.66. The van der Waals surface area contributed by atoms with Gasteiger partial charge in [-0.25, -0.2) is 9.97 Å². The van der Waals surface area contributed by atoms with E-state index in [9.17, 15) is 4.79 Å². The van der Waals surface area contributed by atoms with Crippen LogP contribution in [0.15, 0.2) is 55.0 Å². The fraction of sp³-hybridized carbons (Fsp3) is 0.304. The van der Waals surface area contributed by atoms with Crippen LogP contribution in [-0.4, -0.2) is 40.6 Å². The molecule has 0 atom stereocenters. The molecule has 1 aliphatic heterocycles. The van der Waals surface area contributed by atoms with E-state index < -0.39 is 0 Å². The number of halogens is 1. The number of nitrogens with zero attached hydrogens (tertiary/aromatic N) is 3. The summed E-state index contributed by atoms with van der Waals surface area (Å²) in [6.07, 6.45) is 7.21. The molecule has 3 aromatic rings. The molecule has 4 heterocycles. The Morgan fingerprint density at radius 1 is 1.13 bits per heavy atom. The van der Waals surface area contributed by atoms with E-state index in [0.29, 0.717) is 28.0 Å². The first-order valence-electron chi connectivity index (χ1n) is 10.3. The molecule has 0 spiro atoms. The van der Waals surface area contributed by atoms with Crippen molar-refractivity contribution >= 4 is 29.1 Å². The predicted octanol–water partition coefficient (Wildman–Crippen LogP) is 4.21. The summed E-state index contributed by atoms with van der Waals surface area (Å²) < 4.78 is 5.42. The van der Waals surface area contributed by atoms with Crippen LogP contribution in [0.2, 0.25) is 5.02 Å². The van der Waals surface area contributed by atoms with Crippen molar-refractivity contribution in [1.29, 1.82) is 0 Å². The molecule has 1 aliphatic rings. The Hall–Kier alpha value is -3.03. The molecule has 0 radical (unpaired) electrons. The summed E-state index contributed by atoms with van der Waals surface area (Å²) in [6.45, 7) is 2.50. The number of pyridine rings is 3. The minimum absolute atomic E-state index is 0.173. The second-order valence-corrected chi connectivity index (χ2v) is 7.89. The van der Waals surface area contributed by atoms with Crippen molar-refractivity contribution in [2.45, 2.75) is 19.3 Å². The molecule has 3 aromatic heterocycles. The van der Waals surface area contributed by atoms with E-state index in [0.717, 1.165) is 44.0 Å². The maximum atomic E-state index is 12.4. The van der Waals surface area contributed by atoms with Gasteiger partial charge in [0.25, 0.3) is 0 Å². The SMILES string of the molecule is O=C(Cc1cccnc1)Nc1cc(-c2cccc(NCC3CCOCC3)n2)c(Cl)cn1. The molecule has 7 nitrogen and oxygen atoms in total. The lowest BCUT2D eigenvalue weighted by molar-refractivity contribution is -0.115. The van der Waals surface area contributed by atoms with E-state index >= 15 is 0 Å². The molecule has 31 heavy (non-hydrogen) atoms. The summed E-state index contributed by atoms with van der Waals surface area (Å²) in [4.78, 5) is 25.3. The molecule has 1 amide bonds. The zero-order chi connectivity index (χ0) is 21.5. The maximum absolute atomic E-state index is 12.4. The average molecular weight is 438 g/mol. The van der Waals surface area contributed by atoms with Gasteiger partial charge in [0.2, 0.25) is 5.91 Å². The van der Waals surface area contributed by atoms with Crippen LogP contribution in [-0.2, 0) is 16.0 Å². The number of hydrogen-bond donors (Lipinski definition) is 2. The van der Waals surface area contributed by atoms with Crippen LogP contribution in [0.1, 0.15) is 18.4 Å². The van der Waals surface area contributed by atoms with E-state index in [2.05, 4.69) is 20.6 Å². The van der Waals surface area contributed by atoms with Gasteiger partial charge in [0.15, 0.2) is 0 Å². The quantitative estimate of drug-likeness (QED) is 0.575. The lowest BCUT2D eigenvalue weighted by Crippen LogP contribution is -2.22. The molecule has 160 valence electrons. The largest absolute Gasteiger partial charge is 0.381 e. The molecular weight excluding hydrogens is 414 g/mol. The van der Waals surface area contributed by atoms with Crippen LogP contribution in [0.25, 0.3) is 11.3 Å². The van der Waals surface area contributed by atoms with Gasteiger partial charge in [-0.1, -0.05) is 23.7 Å². The van der Waals surface area contributed by atoms with Crippen molar-refractivity contribution in [3.8, 4) is 11.3 Å². The molecule has 0 bridgehead atoms. The number of rotatable bonds is 7.